The van der Waals surface area contributed by atoms with E-state index in [1.165, 1.54) is 50.6 Å². The van der Waals surface area contributed by atoms with E-state index in [9.17, 15) is 18.8 Å². The molecule has 1 N–H and O–H groups in total. The molecule has 1 amide bonds. The van der Waals surface area contributed by atoms with Gasteiger partial charge in [0, 0.05) is 24.6 Å². The number of ether oxygens (including phenoxy) is 3. The summed E-state index contributed by atoms with van der Waals surface area (Å²) in [6, 6.07) is 18.4. The van der Waals surface area contributed by atoms with Gasteiger partial charge in [0.2, 0.25) is 5.91 Å². The molecule has 0 radical (unpaired) electrons. The number of carbonyl (C=O) groups excluding carboxylic acids is 3. The van der Waals surface area contributed by atoms with E-state index in [1.807, 2.05) is 0 Å². The SMILES string of the molecule is COC(=O)c1ccc(O)cc1.COC(=O)c1ccc(OCC2CC(=O)N(c3ccc(F)cc3)C2)cc1. The van der Waals surface area contributed by atoms with Crippen LogP contribution in [-0.4, -0.2) is 50.3 Å². The Bertz CT molecular complexity index is 1180. The summed E-state index contributed by atoms with van der Waals surface area (Å²) in [4.78, 5) is 36.0. The molecule has 1 saturated heterocycles. The number of amides is 1. The zero-order valence-electron chi connectivity index (χ0n) is 19.8. The first-order valence-corrected chi connectivity index (χ1v) is 11.0. The van der Waals surface area contributed by atoms with Crippen molar-refractivity contribution in [2.75, 3.05) is 32.3 Å². The van der Waals surface area contributed by atoms with E-state index >= 15 is 0 Å². The summed E-state index contributed by atoms with van der Waals surface area (Å²) in [6.07, 6.45) is 0.387. The van der Waals surface area contributed by atoms with Crippen molar-refractivity contribution >= 4 is 23.5 Å². The Balaban J connectivity index is 0.000000275. The molecule has 1 aliphatic rings. The average Bonchev–Trinajstić information content (AvgIpc) is 3.28. The van der Waals surface area contributed by atoms with Gasteiger partial charge in [0.05, 0.1) is 32.0 Å². The molecule has 1 fully saturated rings. The van der Waals surface area contributed by atoms with Gasteiger partial charge in [0.25, 0.3) is 0 Å². The standard InChI is InChI=1S/C19H18FNO4.C8H8O3/c1-24-19(23)14-2-8-17(9-3-14)25-12-13-10-18(22)21(11-13)16-6-4-15(20)5-7-16;1-11-8(10)6-2-4-7(9)5-3-6/h2-9,13H,10-12H2,1H3;2-5,9H,1H3. The molecule has 4 rings (SSSR count). The van der Waals surface area contributed by atoms with Crippen molar-refractivity contribution in [3.05, 3.63) is 89.7 Å². The van der Waals surface area contributed by atoms with Crippen molar-refractivity contribution in [2.24, 2.45) is 5.92 Å². The van der Waals surface area contributed by atoms with Gasteiger partial charge in [-0.1, -0.05) is 0 Å². The van der Waals surface area contributed by atoms with E-state index in [4.69, 9.17) is 9.84 Å². The first-order valence-electron chi connectivity index (χ1n) is 11.0. The van der Waals surface area contributed by atoms with Gasteiger partial charge in [0.1, 0.15) is 17.3 Å². The Morgan fingerprint density at radius 3 is 1.94 bits per heavy atom. The number of anilines is 1. The number of benzene rings is 3. The molecule has 36 heavy (non-hydrogen) atoms. The highest BCUT2D eigenvalue weighted by Gasteiger charge is 2.31. The van der Waals surface area contributed by atoms with Gasteiger partial charge in [-0.2, -0.15) is 0 Å². The lowest BCUT2D eigenvalue weighted by Gasteiger charge is -2.17. The van der Waals surface area contributed by atoms with Gasteiger partial charge in [-0.25, -0.2) is 14.0 Å². The fourth-order valence-corrected chi connectivity index (χ4v) is 3.50. The Morgan fingerprint density at radius 2 is 1.42 bits per heavy atom. The van der Waals surface area contributed by atoms with Crippen molar-refractivity contribution < 1.29 is 38.1 Å². The molecule has 188 valence electrons. The predicted octanol–water partition coefficient (Wildman–Crippen LogP) is 4.22. The zero-order valence-corrected chi connectivity index (χ0v) is 19.8. The third-order valence-corrected chi connectivity index (χ3v) is 5.39. The molecule has 1 heterocycles. The number of esters is 2. The molecule has 1 atom stereocenters. The van der Waals surface area contributed by atoms with Crippen LogP contribution < -0.4 is 9.64 Å². The van der Waals surface area contributed by atoms with Gasteiger partial charge in [-0.3, -0.25) is 4.79 Å². The second-order valence-electron chi connectivity index (χ2n) is 7.92. The molecule has 8 nitrogen and oxygen atoms in total. The minimum atomic E-state index is -0.400. The number of hydrogen-bond acceptors (Lipinski definition) is 7. The fourth-order valence-electron chi connectivity index (χ4n) is 3.50. The van der Waals surface area contributed by atoms with E-state index in [0.29, 0.717) is 42.1 Å². The highest BCUT2D eigenvalue weighted by atomic mass is 19.1. The molecule has 0 aliphatic carbocycles. The lowest BCUT2D eigenvalue weighted by Crippen LogP contribution is -2.25. The number of methoxy groups -OCH3 is 2. The van der Waals surface area contributed by atoms with Crippen LogP contribution in [0.2, 0.25) is 0 Å². The van der Waals surface area contributed by atoms with Crippen LogP contribution in [0.25, 0.3) is 0 Å². The summed E-state index contributed by atoms with van der Waals surface area (Å²) in [5.74, 6) is -0.310. The summed E-state index contributed by atoms with van der Waals surface area (Å²) < 4.78 is 27.8. The second-order valence-corrected chi connectivity index (χ2v) is 7.92. The quantitative estimate of drug-likeness (QED) is 0.511. The molecule has 1 aliphatic heterocycles. The van der Waals surface area contributed by atoms with Crippen molar-refractivity contribution in [3.63, 3.8) is 0 Å². The largest absolute Gasteiger partial charge is 0.508 e. The van der Waals surface area contributed by atoms with Gasteiger partial charge in [-0.15, -0.1) is 0 Å². The van der Waals surface area contributed by atoms with E-state index in [-0.39, 0.29) is 23.4 Å². The molecular formula is C27H26FNO7. The molecule has 3 aromatic carbocycles. The molecular weight excluding hydrogens is 469 g/mol. The summed E-state index contributed by atoms with van der Waals surface area (Å²) in [6.45, 7) is 0.922. The van der Waals surface area contributed by atoms with Crippen LogP contribution in [0.3, 0.4) is 0 Å². The van der Waals surface area contributed by atoms with Gasteiger partial charge >= 0.3 is 11.9 Å². The molecule has 0 spiro atoms. The number of phenolic OH excluding ortho intramolecular Hbond substituents is 1. The van der Waals surface area contributed by atoms with Crippen molar-refractivity contribution in [3.8, 4) is 11.5 Å². The van der Waals surface area contributed by atoms with Crippen molar-refractivity contribution in [1.82, 2.24) is 0 Å². The fraction of sp³-hybridized carbons (Fsp3) is 0.222. The smallest absolute Gasteiger partial charge is 0.337 e. The van der Waals surface area contributed by atoms with Crippen LogP contribution >= 0.6 is 0 Å². The first-order chi connectivity index (χ1) is 17.3. The van der Waals surface area contributed by atoms with Crippen molar-refractivity contribution in [1.29, 1.82) is 0 Å². The number of aromatic hydroxyl groups is 1. The van der Waals surface area contributed by atoms with Crippen LogP contribution in [0.15, 0.2) is 72.8 Å². The number of nitrogens with zero attached hydrogens (tertiary/aromatic N) is 1. The van der Waals surface area contributed by atoms with Crippen LogP contribution in [0.4, 0.5) is 10.1 Å². The summed E-state index contributed by atoms with van der Waals surface area (Å²) in [5, 5.41) is 8.86. The number of rotatable bonds is 6. The second kappa shape index (κ2) is 12.3. The highest BCUT2D eigenvalue weighted by Crippen LogP contribution is 2.26. The zero-order chi connectivity index (χ0) is 26.1. The Hall–Kier alpha value is -4.40. The lowest BCUT2D eigenvalue weighted by atomic mass is 10.1. The maximum Gasteiger partial charge on any atom is 0.337 e. The molecule has 3 aromatic rings. The molecule has 0 aromatic heterocycles. The average molecular weight is 496 g/mol. The molecule has 0 bridgehead atoms. The van der Waals surface area contributed by atoms with Gasteiger partial charge in [-0.05, 0) is 72.8 Å². The Kier molecular flexibility index (Phi) is 8.99. The minimum absolute atomic E-state index is 0.00115. The van der Waals surface area contributed by atoms with E-state index in [2.05, 4.69) is 9.47 Å². The highest BCUT2D eigenvalue weighted by molar-refractivity contribution is 5.95. The monoisotopic (exact) mass is 495 g/mol. The van der Waals surface area contributed by atoms with E-state index < -0.39 is 11.9 Å². The van der Waals surface area contributed by atoms with Crippen LogP contribution in [0, 0.1) is 11.7 Å². The Labute approximate surface area is 207 Å². The maximum atomic E-state index is 13.0. The number of hydrogen-bond donors (Lipinski definition) is 1. The third kappa shape index (κ3) is 7.05. The van der Waals surface area contributed by atoms with Gasteiger partial charge in [0.15, 0.2) is 0 Å². The van der Waals surface area contributed by atoms with E-state index in [0.717, 1.165) is 0 Å². The normalized spacial score (nSPS) is 14.5. The Morgan fingerprint density at radius 1 is 0.889 bits per heavy atom. The first kappa shape index (κ1) is 26.2. The van der Waals surface area contributed by atoms with Crippen molar-refractivity contribution in [2.45, 2.75) is 6.42 Å². The molecule has 9 heteroatoms. The van der Waals surface area contributed by atoms with Crippen LogP contribution in [0.5, 0.6) is 11.5 Å². The van der Waals surface area contributed by atoms with Crippen LogP contribution in [0.1, 0.15) is 27.1 Å². The lowest BCUT2D eigenvalue weighted by molar-refractivity contribution is -0.117. The van der Waals surface area contributed by atoms with E-state index in [1.54, 1.807) is 41.3 Å². The number of halogens is 1. The number of carbonyl (C=O) groups is 3. The third-order valence-electron chi connectivity index (χ3n) is 5.39. The minimum Gasteiger partial charge on any atom is -0.508 e. The molecule has 0 saturated carbocycles. The summed E-state index contributed by atoms with van der Waals surface area (Å²) in [7, 11) is 2.64. The van der Waals surface area contributed by atoms with Crippen LogP contribution in [-0.2, 0) is 14.3 Å². The summed E-state index contributed by atoms with van der Waals surface area (Å²) >= 11 is 0. The maximum absolute atomic E-state index is 13.0. The molecule has 1 unspecified atom stereocenters. The predicted molar refractivity (Wildman–Crippen MR) is 130 cm³/mol. The topological polar surface area (TPSA) is 102 Å². The van der Waals surface area contributed by atoms with Gasteiger partial charge < -0.3 is 24.2 Å². The number of phenols is 1. The summed E-state index contributed by atoms with van der Waals surface area (Å²) in [5.41, 5.74) is 1.58.